The first-order valence-corrected chi connectivity index (χ1v) is 4.94. The van der Waals surface area contributed by atoms with Crippen LogP contribution in [0.5, 0.6) is 0 Å². The standard InChI is InChI=1S/C9H18N2O3/c1-6(12)7(10)5-11-9(13)8-3-2-4-14-8/h6-8,12H,2-5,10H2,1H3,(H,11,13)/t6?,7?,8-/m1/s1. The van der Waals surface area contributed by atoms with Crippen molar-refractivity contribution in [2.45, 2.75) is 38.0 Å². The quantitative estimate of drug-likeness (QED) is 0.545. The Bertz CT molecular complexity index is 190. The van der Waals surface area contributed by atoms with Gasteiger partial charge in [-0.1, -0.05) is 0 Å². The van der Waals surface area contributed by atoms with Crippen molar-refractivity contribution in [1.82, 2.24) is 5.32 Å². The van der Waals surface area contributed by atoms with Gasteiger partial charge in [-0.25, -0.2) is 0 Å². The van der Waals surface area contributed by atoms with Crippen molar-refractivity contribution >= 4 is 5.91 Å². The fourth-order valence-corrected chi connectivity index (χ4v) is 1.29. The van der Waals surface area contributed by atoms with Gasteiger partial charge in [0.15, 0.2) is 0 Å². The number of aliphatic hydroxyl groups excluding tert-OH is 1. The molecule has 0 bridgehead atoms. The summed E-state index contributed by atoms with van der Waals surface area (Å²) in [6.07, 6.45) is 0.770. The second kappa shape index (κ2) is 5.29. The van der Waals surface area contributed by atoms with Gasteiger partial charge in [-0.3, -0.25) is 4.79 Å². The van der Waals surface area contributed by atoms with E-state index in [4.69, 9.17) is 15.6 Å². The van der Waals surface area contributed by atoms with Crippen LogP contribution in [0.4, 0.5) is 0 Å². The number of aliphatic hydroxyl groups is 1. The van der Waals surface area contributed by atoms with E-state index in [1.807, 2.05) is 0 Å². The zero-order chi connectivity index (χ0) is 10.6. The number of nitrogens with two attached hydrogens (primary N) is 1. The van der Waals surface area contributed by atoms with E-state index in [2.05, 4.69) is 5.32 Å². The molecule has 1 amide bonds. The van der Waals surface area contributed by atoms with E-state index in [-0.39, 0.29) is 18.6 Å². The Hall–Kier alpha value is -0.650. The minimum atomic E-state index is -0.611. The largest absolute Gasteiger partial charge is 0.392 e. The number of carbonyl (C=O) groups is 1. The van der Waals surface area contributed by atoms with Gasteiger partial charge in [-0.05, 0) is 19.8 Å². The summed E-state index contributed by atoms with van der Waals surface area (Å²) < 4.78 is 5.19. The number of carbonyl (C=O) groups excluding carboxylic acids is 1. The SMILES string of the molecule is CC(O)C(N)CNC(=O)[C@H]1CCCO1. The van der Waals surface area contributed by atoms with E-state index < -0.39 is 12.1 Å². The zero-order valence-corrected chi connectivity index (χ0v) is 8.40. The normalized spacial score (nSPS) is 25.8. The summed E-state index contributed by atoms with van der Waals surface area (Å²) in [6, 6.07) is -0.416. The van der Waals surface area contributed by atoms with E-state index in [1.54, 1.807) is 6.92 Å². The van der Waals surface area contributed by atoms with Crippen LogP contribution < -0.4 is 11.1 Å². The number of rotatable bonds is 4. The minimum Gasteiger partial charge on any atom is -0.392 e. The molecular formula is C9H18N2O3. The highest BCUT2D eigenvalue weighted by atomic mass is 16.5. The molecule has 0 aromatic carbocycles. The first-order valence-electron chi connectivity index (χ1n) is 4.94. The van der Waals surface area contributed by atoms with E-state index >= 15 is 0 Å². The number of ether oxygens (including phenoxy) is 1. The summed E-state index contributed by atoms with van der Waals surface area (Å²) >= 11 is 0. The van der Waals surface area contributed by atoms with Crippen LogP contribution >= 0.6 is 0 Å². The van der Waals surface area contributed by atoms with Crippen molar-refractivity contribution in [3.8, 4) is 0 Å². The monoisotopic (exact) mass is 202 g/mol. The average molecular weight is 202 g/mol. The third-order valence-corrected chi connectivity index (χ3v) is 2.35. The van der Waals surface area contributed by atoms with Crippen LogP contribution in [0.3, 0.4) is 0 Å². The number of hydrogen-bond donors (Lipinski definition) is 3. The average Bonchev–Trinajstić information content (AvgIpc) is 2.66. The lowest BCUT2D eigenvalue weighted by atomic mass is 10.2. The summed E-state index contributed by atoms with van der Waals surface area (Å²) in [5, 5.41) is 11.7. The summed E-state index contributed by atoms with van der Waals surface area (Å²) in [4.78, 5) is 11.4. The van der Waals surface area contributed by atoms with Crippen molar-refractivity contribution < 1.29 is 14.6 Å². The number of amides is 1. The Balaban J connectivity index is 2.20. The molecule has 1 rings (SSSR count). The van der Waals surface area contributed by atoms with Gasteiger partial charge in [-0.15, -0.1) is 0 Å². The lowest BCUT2D eigenvalue weighted by molar-refractivity contribution is -0.130. The van der Waals surface area contributed by atoms with E-state index in [9.17, 15) is 4.79 Å². The van der Waals surface area contributed by atoms with Crippen molar-refractivity contribution in [1.29, 1.82) is 0 Å². The maximum absolute atomic E-state index is 11.4. The van der Waals surface area contributed by atoms with Crippen LogP contribution in [0.1, 0.15) is 19.8 Å². The van der Waals surface area contributed by atoms with E-state index in [0.717, 1.165) is 12.8 Å². The van der Waals surface area contributed by atoms with Gasteiger partial charge in [0.25, 0.3) is 0 Å². The third-order valence-electron chi connectivity index (χ3n) is 2.35. The topological polar surface area (TPSA) is 84.6 Å². The Labute approximate surface area is 83.6 Å². The highest BCUT2D eigenvalue weighted by molar-refractivity contribution is 5.80. The summed E-state index contributed by atoms with van der Waals surface area (Å²) in [5.74, 6) is -0.126. The minimum absolute atomic E-state index is 0.126. The van der Waals surface area contributed by atoms with Crippen LogP contribution in [0.25, 0.3) is 0 Å². The molecule has 14 heavy (non-hydrogen) atoms. The summed E-state index contributed by atoms with van der Waals surface area (Å²) in [7, 11) is 0. The second-order valence-electron chi connectivity index (χ2n) is 3.65. The lowest BCUT2D eigenvalue weighted by Gasteiger charge is -2.16. The predicted octanol–water partition coefficient (Wildman–Crippen LogP) is -1.01. The van der Waals surface area contributed by atoms with Crippen LogP contribution in [0.15, 0.2) is 0 Å². The molecule has 0 aromatic heterocycles. The lowest BCUT2D eigenvalue weighted by Crippen LogP contribution is -2.46. The molecule has 3 atom stereocenters. The van der Waals surface area contributed by atoms with Gasteiger partial charge in [0.05, 0.1) is 6.10 Å². The van der Waals surface area contributed by atoms with Crippen LogP contribution in [0, 0.1) is 0 Å². The van der Waals surface area contributed by atoms with Crippen LogP contribution in [0.2, 0.25) is 0 Å². The van der Waals surface area contributed by atoms with Crippen molar-refractivity contribution in [3.05, 3.63) is 0 Å². The zero-order valence-electron chi connectivity index (χ0n) is 8.40. The molecule has 5 nitrogen and oxygen atoms in total. The second-order valence-corrected chi connectivity index (χ2v) is 3.65. The van der Waals surface area contributed by atoms with Crippen LogP contribution in [-0.4, -0.2) is 42.4 Å². The summed E-state index contributed by atoms with van der Waals surface area (Å²) in [6.45, 7) is 2.54. The molecule has 82 valence electrons. The first kappa shape index (κ1) is 11.4. The molecule has 0 spiro atoms. The highest BCUT2D eigenvalue weighted by Gasteiger charge is 2.23. The Morgan fingerprint density at radius 3 is 3.00 bits per heavy atom. The molecular weight excluding hydrogens is 184 g/mol. The van der Waals surface area contributed by atoms with Gasteiger partial charge in [0.1, 0.15) is 6.10 Å². The molecule has 1 aliphatic heterocycles. The molecule has 1 saturated heterocycles. The first-order chi connectivity index (χ1) is 6.61. The maximum atomic E-state index is 11.4. The Morgan fingerprint density at radius 1 is 1.79 bits per heavy atom. The van der Waals surface area contributed by atoms with Gasteiger partial charge >= 0.3 is 0 Å². The highest BCUT2D eigenvalue weighted by Crippen LogP contribution is 2.11. The molecule has 1 heterocycles. The maximum Gasteiger partial charge on any atom is 0.249 e. The number of nitrogens with one attached hydrogen (secondary N) is 1. The Morgan fingerprint density at radius 2 is 2.50 bits per heavy atom. The van der Waals surface area contributed by atoms with E-state index in [1.165, 1.54) is 0 Å². The molecule has 0 radical (unpaired) electrons. The van der Waals surface area contributed by atoms with Crippen molar-refractivity contribution in [3.63, 3.8) is 0 Å². The molecule has 0 aliphatic carbocycles. The molecule has 1 fully saturated rings. The number of hydrogen-bond acceptors (Lipinski definition) is 4. The molecule has 5 heteroatoms. The molecule has 0 saturated carbocycles. The van der Waals surface area contributed by atoms with Crippen molar-refractivity contribution in [2.24, 2.45) is 5.73 Å². The Kier molecular flexibility index (Phi) is 4.31. The van der Waals surface area contributed by atoms with E-state index in [0.29, 0.717) is 6.61 Å². The fraction of sp³-hybridized carbons (Fsp3) is 0.889. The summed E-state index contributed by atoms with van der Waals surface area (Å²) in [5.41, 5.74) is 5.56. The van der Waals surface area contributed by atoms with Gasteiger partial charge in [0.2, 0.25) is 5.91 Å². The fourth-order valence-electron chi connectivity index (χ4n) is 1.29. The molecule has 1 aliphatic rings. The van der Waals surface area contributed by atoms with Gasteiger partial charge in [0, 0.05) is 19.2 Å². The van der Waals surface area contributed by atoms with Gasteiger partial charge in [-0.2, -0.15) is 0 Å². The van der Waals surface area contributed by atoms with Crippen LogP contribution in [-0.2, 0) is 9.53 Å². The van der Waals surface area contributed by atoms with Crippen molar-refractivity contribution in [2.75, 3.05) is 13.2 Å². The third kappa shape index (κ3) is 3.25. The smallest absolute Gasteiger partial charge is 0.249 e. The molecule has 2 unspecified atom stereocenters. The molecule has 4 N–H and O–H groups in total. The molecule has 0 aromatic rings. The van der Waals surface area contributed by atoms with Gasteiger partial charge < -0.3 is 20.9 Å². The predicted molar refractivity (Wildman–Crippen MR) is 51.6 cm³/mol.